The van der Waals surface area contributed by atoms with Crippen LogP contribution < -0.4 is 0 Å². The van der Waals surface area contributed by atoms with Crippen LogP contribution in [0.3, 0.4) is 0 Å². The maximum absolute atomic E-state index is 11.7. The third kappa shape index (κ3) is 2.16. The second kappa shape index (κ2) is 4.78. The molecule has 0 atom stereocenters. The van der Waals surface area contributed by atoms with Gasteiger partial charge >= 0.3 is 5.97 Å². The lowest BCUT2D eigenvalue weighted by molar-refractivity contribution is -0.137. The molecule has 1 aliphatic rings. The van der Waals surface area contributed by atoms with E-state index >= 15 is 0 Å². The molecule has 0 aromatic carbocycles. The Morgan fingerprint density at radius 2 is 2.12 bits per heavy atom. The fourth-order valence-electron chi connectivity index (χ4n) is 1.90. The number of aryl methyl sites for hydroxylation is 2. The number of hydrogen-bond acceptors (Lipinski definition) is 4. The molecular weight excluding hydrogens is 224 g/mol. The Morgan fingerprint density at radius 3 is 2.81 bits per heavy atom. The number of esters is 1. The van der Waals surface area contributed by atoms with E-state index in [1.54, 1.807) is 6.92 Å². The van der Waals surface area contributed by atoms with Gasteiger partial charge in [0, 0.05) is 4.88 Å². The molecule has 0 bridgehead atoms. The molecule has 1 heterocycles. The molecule has 0 amide bonds. The summed E-state index contributed by atoms with van der Waals surface area (Å²) in [6.07, 6.45) is 4.43. The Bertz CT molecular complexity index is 396. The summed E-state index contributed by atoms with van der Waals surface area (Å²) in [6, 6.07) is 1.86. The summed E-state index contributed by atoms with van der Waals surface area (Å²) < 4.78 is 4.71. The topological polar surface area (TPSA) is 43.4 Å². The minimum atomic E-state index is -0.735. The number of rotatable bonds is 3. The van der Waals surface area contributed by atoms with Crippen LogP contribution in [-0.2, 0) is 22.4 Å². The minimum Gasteiger partial charge on any atom is -0.460 e. The molecule has 4 heteroatoms. The average Bonchev–Trinajstić information content (AvgIpc) is 2.71. The summed E-state index contributed by atoms with van der Waals surface area (Å²) in [5.41, 5.74) is 1.24. The van der Waals surface area contributed by atoms with Gasteiger partial charge in [0.05, 0.1) is 11.5 Å². The van der Waals surface area contributed by atoms with Crippen molar-refractivity contribution < 1.29 is 14.3 Å². The van der Waals surface area contributed by atoms with Crippen LogP contribution in [0.2, 0.25) is 0 Å². The van der Waals surface area contributed by atoms with E-state index in [0.29, 0.717) is 4.88 Å². The molecule has 0 fully saturated rings. The van der Waals surface area contributed by atoms with Gasteiger partial charge in [-0.25, -0.2) is 4.79 Å². The van der Waals surface area contributed by atoms with Crippen LogP contribution in [0, 0.1) is 0 Å². The Labute approximate surface area is 98.4 Å². The number of ketones is 1. The van der Waals surface area contributed by atoms with Gasteiger partial charge in [0.1, 0.15) is 0 Å². The fraction of sp³-hybridized carbons (Fsp3) is 0.500. The molecular formula is C12H14O3S. The van der Waals surface area contributed by atoms with Crippen molar-refractivity contribution in [1.29, 1.82) is 0 Å². The van der Waals surface area contributed by atoms with Crippen molar-refractivity contribution in [3.63, 3.8) is 0 Å². The largest absolute Gasteiger partial charge is 0.460 e. The summed E-state index contributed by atoms with van der Waals surface area (Å²) >= 11 is 1.45. The first kappa shape index (κ1) is 11.3. The lowest BCUT2D eigenvalue weighted by atomic mass is 9.99. The molecule has 0 radical (unpaired) electrons. The Morgan fingerprint density at radius 1 is 1.38 bits per heavy atom. The lowest BCUT2D eigenvalue weighted by Crippen LogP contribution is -2.16. The number of Topliss-reactive ketones (excluding diaryl/α,β-unsaturated/α-hetero) is 1. The van der Waals surface area contributed by atoms with E-state index in [1.165, 1.54) is 34.6 Å². The summed E-state index contributed by atoms with van der Waals surface area (Å²) in [7, 11) is 0. The first-order valence-corrected chi connectivity index (χ1v) is 6.37. The SMILES string of the molecule is CCOC(=O)C(=O)c1cc2c(s1)CCCC2. The Balaban J connectivity index is 2.18. The van der Waals surface area contributed by atoms with Crippen molar-refractivity contribution in [3.05, 3.63) is 21.4 Å². The molecule has 86 valence electrons. The Kier molecular flexibility index (Phi) is 3.39. The molecule has 1 aromatic heterocycles. The smallest absolute Gasteiger partial charge is 0.380 e. The normalized spacial score (nSPS) is 14.3. The van der Waals surface area contributed by atoms with Crippen molar-refractivity contribution in [2.24, 2.45) is 0 Å². The second-order valence-corrected chi connectivity index (χ2v) is 4.95. The predicted octanol–water partition coefficient (Wildman–Crippen LogP) is 2.37. The first-order chi connectivity index (χ1) is 7.72. The van der Waals surface area contributed by atoms with Gasteiger partial charge < -0.3 is 4.74 Å². The Hall–Kier alpha value is -1.16. The van der Waals surface area contributed by atoms with E-state index in [2.05, 4.69) is 0 Å². The molecule has 3 nitrogen and oxygen atoms in total. The number of ether oxygens (including phenoxy) is 1. The van der Waals surface area contributed by atoms with E-state index in [9.17, 15) is 9.59 Å². The molecule has 16 heavy (non-hydrogen) atoms. The predicted molar refractivity (Wildman–Crippen MR) is 61.9 cm³/mol. The average molecular weight is 238 g/mol. The monoisotopic (exact) mass is 238 g/mol. The third-order valence-corrected chi connectivity index (χ3v) is 3.92. The fourth-order valence-corrected chi connectivity index (χ4v) is 3.08. The maximum Gasteiger partial charge on any atom is 0.380 e. The highest BCUT2D eigenvalue weighted by Crippen LogP contribution is 2.29. The molecule has 0 aliphatic heterocycles. The van der Waals surface area contributed by atoms with Crippen LogP contribution in [0.5, 0.6) is 0 Å². The number of hydrogen-bond donors (Lipinski definition) is 0. The van der Waals surface area contributed by atoms with Gasteiger partial charge in [-0.15, -0.1) is 11.3 Å². The van der Waals surface area contributed by atoms with E-state index < -0.39 is 11.8 Å². The van der Waals surface area contributed by atoms with Gasteiger partial charge in [0.2, 0.25) is 0 Å². The van der Waals surface area contributed by atoms with Crippen molar-refractivity contribution >= 4 is 23.1 Å². The number of carbonyl (C=O) groups excluding carboxylic acids is 2. The summed E-state index contributed by atoms with van der Waals surface area (Å²) in [4.78, 5) is 24.8. The van der Waals surface area contributed by atoms with E-state index in [4.69, 9.17) is 4.74 Å². The summed E-state index contributed by atoms with van der Waals surface area (Å²) in [6.45, 7) is 1.94. The molecule has 0 unspecified atom stereocenters. The van der Waals surface area contributed by atoms with Crippen LogP contribution in [0.25, 0.3) is 0 Å². The quantitative estimate of drug-likeness (QED) is 0.461. The standard InChI is InChI=1S/C12H14O3S/c1-2-15-12(14)11(13)10-7-8-5-3-4-6-9(8)16-10/h7H,2-6H2,1H3. The summed E-state index contributed by atoms with van der Waals surface area (Å²) in [5.74, 6) is -1.23. The number of thiophene rings is 1. The molecule has 0 N–H and O–H groups in total. The highest BCUT2D eigenvalue weighted by molar-refractivity contribution is 7.15. The second-order valence-electron chi connectivity index (χ2n) is 3.82. The lowest BCUT2D eigenvalue weighted by Gasteiger charge is -2.08. The van der Waals surface area contributed by atoms with Gasteiger partial charge in [-0.3, -0.25) is 4.79 Å². The van der Waals surface area contributed by atoms with Crippen molar-refractivity contribution in [3.8, 4) is 0 Å². The highest BCUT2D eigenvalue weighted by atomic mass is 32.1. The van der Waals surface area contributed by atoms with Gasteiger partial charge in [-0.1, -0.05) is 0 Å². The third-order valence-electron chi connectivity index (χ3n) is 2.68. The van der Waals surface area contributed by atoms with Crippen LogP contribution in [0.4, 0.5) is 0 Å². The summed E-state index contributed by atoms with van der Waals surface area (Å²) in [5, 5.41) is 0. The van der Waals surface area contributed by atoms with Crippen molar-refractivity contribution in [2.75, 3.05) is 6.61 Å². The molecule has 1 aliphatic carbocycles. The van der Waals surface area contributed by atoms with Crippen LogP contribution in [0.15, 0.2) is 6.07 Å². The number of carbonyl (C=O) groups is 2. The zero-order valence-electron chi connectivity index (χ0n) is 9.25. The van der Waals surface area contributed by atoms with Gasteiger partial charge in [0.25, 0.3) is 5.78 Å². The van der Waals surface area contributed by atoms with Gasteiger partial charge in [0.15, 0.2) is 0 Å². The van der Waals surface area contributed by atoms with Crippen LogP contribution >= 0.6 is 11.3 Å². The molecule has 0 spiro atoms. The molecule has 0 saturated carbocycles. The van der Waals surface area contributed by atoms with Crippen LogP contribution in [-0.4, -0.2) is 18.4 Å². The zero-order chi connectivity index (χ0) is 11.5. The minimum absolute atomic E-state index is 0.246. The molecule has 1 aromatic rings. The molecule has 0 saturated heterocycles. The molecule has 2 rings (SSSR count). The number of fused-ring (bicyclic) bond motifs is 1. The van der Waals surface area contributed by atoms with Gasteiger partial charge in [-0.05, 0) is 44.2 Å². The van der Waals surface area contributed by atoms with Crippen molar-refractivity contribution in [2.45, 2.75) is 32.6 Å². The highest BCUT2D eigenvalue weighted by Gasteiger charge is 2.22. The van der Waals surface area contributed by atoms with E-state index in [0.717, 1.165) is 12.8 Å². The maximum atomic E-state index is 11.7. The van der Waals surface area contributed by atoms with E-state index in [-0.39, 0.29) is 6.61 Å². The van der Waals surface area contributed by atoms with Crippen molar-refractivity contribution in [1.82, 2.24) is 0 Å². The first-order valence-electron chi connectivity index (χ1n) is 5.55. The zero-order valence-corrected chi connectivity index (χ0v) is 10.1. The van der Waals surface area contributed by atoms with E-state index in [1.807, 2.05) is 6.07 Å². The van der Waals surface area contributed by atoms with Crippen LogP contribution in [0.1, 0.15) is 39.9 Å². The van der Waals surface area contributed by atoms with Gasteiger partial charge in [-0.2, -0.15) is 0 Å².